The molecule has 5 rings (SSSR count). The molecule has 238 valence electrons. The van der Waals surface area contributed by atoms with E-state index in [2.05, 4.69) is 34.5 Å². The number of anilines is 1. The highest BCUT2D eigenvalue weighted by Crippen LogP contribution is 2.35. The predicted molar refractivity (Wildman–Crippen MR) is 163 cm³/mol. The van der Waals surface area contributed by atoms with Gasteiger partial charge in [-0.05, 0) is 73.0 Å². The number of hydrogen-bond acceptors (Lipinski definition) is 7. The van der Waals surface area contributed by atoms with Crippen molar-refractivity contribution in [2.24, 2.45) is 0 Å². The van der Waals surface area contributed by atoms with Gasteiger partial charge in [-0.25, -0.2) is 0 Å². The standard InChI is InChI=1S/C34H41F3N2O5/c1-40-17-3-15-39-16-20-43-32-12-7-25(21-31(32)39)24-44-33-23-38-14-13-30(33)26-8-10-28(11-9-26)41-18-4-19-42-29-6-2-5-27(22-29)34(35,36)37/h2,5-12,21-22,30,33,38H,3-4,13-20,23-24H2,1H3. The van der Waals surface area contributed by atoms with E-state index in [1.165, 1.54) is 17.7 Å². The minimum Gasteiger partial charge on any atom is -0.493 e. The van der Waals surface area contributed by atoms with Crippen molar-refractivity contribution >= 4 is 5.69 Å². The van der Waals surface area contributed by atoms with Gasteiger partial charge in [-0.1, -0.05) is 24.3 Å². The molecule has 2 atom stereocenters. The lowest BCUT2D eigenvalue weighted by atomic mass is 9.87. The molecular formula is C34H41F3N2O5. The summed E-state index contributed by atoms with van der Waals surface area (Å²) in [6, 6.07) is 19.3. The summed E-state index contributed by atoms with van der Waals surface area (Å²) in [7, 11) is 1.73. The van der Waals surface area contributed by atoms with Crippen LogP contribution in [0.4, 0.5) is 18.9 Å². The zero-order chi connectivity index (χ0) is 30.8. The van der Waals surface area contributed by atoms with Crippen LogP contribution in [0, 0.1) is 0 Å². The number of piperidine rings is 1. The Balaban J connectivity index is 1.10. The molecule has 2 heterocycles. The Hall–Kier alpha value is -3.47. The summed E-state index contributed by atoms with van der Waals surface area (Å²) in [6.45, 7) is 6.11. The van der Waals surface area contributed by atoms with E-state index in [1.54, 1.807) is 7.11 Å². The fourth-order valence-electron chi connectivity index (χ4n) is 5.64. The number of alkyl halides is 3. The summed E-state index contributed by atoms with van der Waals surface area (Å²) in [6.07, 6.45) is -1.87. The minimum absolute atomic E-state index is 0.0357. The van der Waals surface area contributed by atoms with Crippen LogP contribution in [0.5, 0.6) is 17.2 Å². The molecule has 44 heavy (non-hydrogen) atoms. The Morgan fingerprint density at radius 2 is 1.75 bits per heavy atom. The van der Waals surface area contributed by atoms with E-state index in [-0.39, 0.29) is 24.4 Å². The van der Waals surface area contributed by atoms with Gasteiger partial charge in [0.2, 0.25) is 0 Å². The van der Waals surface area contributed by atoms with Gasteiger partial charge in [0.05, 0.1) is 43.7 Å². The van der Waals surface area contributed by atoms with Crippen LogP contribution in [0.1, 0.15) is 41.9 Å². The molecule has 0 saturated carbocycles. The van der Waals surface area contributed by atoms with Crippen molar-refractivity contribution in [3.8, 4) is 17.2 Å². The van der Waals surface area contributed by atoms with Crippen molar-refractivity contribution in [2.75, 3.05) is 64.6 Å². The summed E-state index contributed by atoms with van der Waals surface area (Å²) < 4.78 is 67.6. The molecule has 1 N–H and O–H groups in total. The van der Waals surface area contributed by atoms with Crippen molar-refractivity contribution in [3.63, 3.8) is 0 Å². The molecule has 0 bridgehead atoms. The number of rotatable bonds is 14. The quantitative estimate of drug-likeness (QED) is 0.210. The van der Waals surface area contributed by atoms with Crippen molar-refractivity contribution in [2.45, 2.75) is 44.1 Å². The number of ether oxygens (including phenoxy) is 5. The molecule has 0 radical (unpaired) electrons. The second kappa shape index (κ2) is 15.5. The number of halogens is 3. The fraction of sp³-hybridized carbons (Fsp3) is 0.471. The molecule has 2 unspecified atom stereocenters. The minimum atomic E-state index is -4.39. The number of nitrogens with one attached hydrogen (secondary N) is 1. The first-order chi connectivity index (χ1) is 21.4. The van der Waals surface area contributed by atoms with Crippen molar-refractivity contribution in [3.05, 3.63) is 83.4 Å². The molecule has 1 saturated heterocycles. The summed E-state index contributed by atoms with van der Waals surface area (Å²) in [5.41, 5.74) is 2.72. The van der Waals surface area contributed by atoms with E-state index in [4.69, 9.17) is 23.7 Å². The molecule has 3 aromatic carbocycles. The molecule has 2 aliphatic heterocycles. The predicted octanol–water partition coefficient (Wildman–Crippen LogP) is 6.45. The van der Waals surface area contributed by atoms with Crippen LogP contribution in [0.2, 0.25) is 0 Å². The molecule has 0 aliphatic carbocycles. The average Bonchev–Trinajstić information content (AvgIpc) is 3.04. The Bertz CT molecular complexity index is 1320. The van der Waals surface area contributed by atoms with Gasteiger partial charge in [0.15, 0.2) is 0 Å². The third-order valence-corrected chi connectivity index (χ3v) is 7.95. The maximum atomic E-state index is 12.9. The summed E-state index contributed by atoms with van der Waals surface area (Å²) >= 11 is 0. The van der Waals surface area contributed by atoms with Gasteiger partial charge in [-0.3, -0.25) is 0 Å². The second-order valence-corrected chi connectivity index (χ2v) is 11.1. The Labute approximate surface area is 257 Å². The smallest absolute Gasteiger partial charge is 0.416 e. The molecule has 3 aromatic rings. The maximum absolute atomic E-state index is 12.9. The lowest BCUT2D eigenvalue weighted by molar-refractivity contribution is -0.137. The van der Waals surface area contributed by atoms with Crippen molar-refractivity contribution < 1.29 is 36.9 Å². The van der Waals surface area contributed by atoms with E-state index < -0.39 is 11.7 Å². The van der Waals surface area contributed by atoms with E-state index in [9.17, 15) is 13.2 Å². The number of hydrogen-bond donors (Lipinski definition) is 1. The van der Waals surface area contributed by atoms with E-state index in [0.717, 1.165) is 80.5 Å². The largest absolute Gasteiger partial charge is 0.493 e. The lowest BCUT2D eigenvalue weighted by Crippen LogP contribution is -2.41. The third-order valence-electron chi connectivity index (χ3n) is 7.95. The highest BCUT2D eigenvalue weighted by atomic mass is 19.4. The monoisotopic (exact) mass is 614 g/mol. The van der Waals surface area contributed by atoms with Gasteiger partial charge < -0.3 is 33.9 Å². The summed E-state index contributed by atoms with van der Waals surface area (Å²) in [5, 5.41) is 3.47. The summed E-state index contributed by atoms with van der Waals surface area (Å²) in [4.78, 5) is 2.36. The van der Waals surface area contributed by atoms with E-state index in [1.807, 2.05) is 18.2 Å². The zero-order valence-electron chi connectivity index (χ0n) is 25.1. The van der Waals surface area contributed by atoms with Crippen LogP contribution in [-0.4, -0.2) is 65.8 Å². The van der Waals surface area contributed by atoms with Crippen LogP contribution >= 0.6 is 0 Å². The van der Waals surface area contributed by atoms with E-state index >= 15 is 0 Å². The fourth-order valence-corrected chi connectivity index (χ4v) is 5.64. The third kappa shape index (κ3) is 8.80. The average molecular weight is 615 g/mol. The molecule has 0 spiro atoms. The zero-order valence-corrected chi connectivity index (χ0v) is 25.1. The Morgan fingerprint density at radius 1 is 0.932 bits per heavy atom. The van der Waals surface area contributed by atoms with Crippen LogP contribution < -0.4 is 24.4 Å². The first-order valence-corrected chi connectivity index (χ1v) is 15.3. The maximum Gasteiger partial charge on any atom is 0.416 e. The molecular weight excluding hydrogens is 573 g/mol. The van der Waals surface area contributed by atoms with Gasteiger partial charge >= 0.3 is 6.18 Å². The van der Waals surface area contributed by atoms with Crippen LogP contribution in [0.3, 0.4) is 0 Å². The Morgan fingerprint density at radius 3 is 2.55 bits per heavy atom. The first-order valence-electron chi connectivity index (χ1n) is 15.3. The van der Waals surface area contributed by atoms with Crippen molar-refractivity contribution in [1.29, 1.82) is 0 Å². The van der Waals surface area contributed by atoms with Gasteiger partial charge in [0, 0.05) is 39.1 Å². The Kier molecular flexibility index (Phi) is 11.3. The normalized spacial score (nSPS) is 18.4. The molecule has 7 nitrogen and oxygen atoms in total. The van der Waals surface area contributed by atoms with Crippen molar-refractivity contribution in [1.82, 2.24) is 5.32 Å². The van der Waals surface area contributed by atoms with E-state index in [0.29, 0.717) is 26.2 Å². The second-order valence-electron chi connectivity index (χ2n) is 11.1. The lowest BCUT2D eigenvalue weighted by Gasteiger charge is -2.33. The number of benzene rings is 3. The SMILES string of the molecule is COCCCN1CCOc2ccc(COC3CNCCC3c3ccc(OCCCOc4cccc(C(F)(F)F)c4)cc3)cc21. The summed E-state index contributed by atoms with van der Waals surface area (Å²) in [5.74, 6) is 2.12. The van der Waals surface area contributed by atoms with Crippen LogP contribution in [0.15, 0.2) is 66.7 Å². The molecule has 2 aliphatic rings. The molecule has 1 fully saturated rings. The van der Waals surface area contributed by atoms with Crippen LogP contribution in [-0.2, 0) is 22.3 Å². The van der Waals surface area contributed by atoms with Gasteiger partial charge in [-0.2, -0.15) is 13.2 Å². The number of methoxy groups -OCH3 is 1. The highest BCUT2D eigenvalue weighted by Gasteiger charge is 2.31. The first kappa shape index (κ1) is 31.9. The van der Waals surface area contributed by atoms with Gasteiger partial charge in [-0.15, -0.1) is 0 Å². The topological polar surface area (TPSA) is 61.4 Å². The molecule has 0 aromatic heterocycles. The van der Waals surface area contributed by atoms with Crippen LogP contribution in [0.25, 0.3) is 0 Å². The van der Waals surface area contributed by atoms with Gasteiger partial charge in [0.1, 0.15) is 23.9 Å². The molecule has 10 heteroatoms. The highest BCUT2D eigenvalue weighted by molar-refractivity contribution is 5.61. The number of fused-ring (bicyclic) bond motifs is 1. The molecule has 0 amide bonds. The van der Waals surface area contributed by atoms with Gasteiger partial charge in [0.25, 0.3) is 0 Å². The number of nitrogens with zero attached hydrogens (tertiary/aromatic N) is 1.